The van der Waals surface area contributed by atoms with E-state index in [-0.39, 0.29) is 18.3 Å². The van der Waals surface area contributed by atoms with Gasteiger partial charge in [0.15, 0.2) is 0 Å². The van der Waals surface area contributed by atoms with E-state index in [1.165, 1.54) is 13.0 Å². The summed E-state index contributed by atoms with van der Waals surface area (Å²) >= 11 is 0. The lowest BCUT2D eigenvalue weighted by atomic mass is 10.1. The first-order valence-electron chi connectivity index (χ1n) is 4.93. The third kappa shape index (κ3) is 3.82. The van der Waals surface area contributed by atoms with Gasteiger partial charge in [0.05, 0.1) is 6.61 Å². The molecular formula is C12H14FNO2. The van der Waals surface area contributed by atoms with Crippen molar-refractivity contribution in [2.75, 3.05) is 6.54 Å². The van der Waals surface area contributed by atoms with Crippen molar-refractivity contribution in [3.63, 3.8) is 0 Å². The lowest BCUT2D eigenvalue weighted by Gasteiger charge is -2.00. The van der Waals surface area contributed by atoms with E-state index < -0.39 is 0 Å². The molecular weight excluding hydrogens is 209 g/mol. The minimum atomic E-state index is -0.384. The van der Waals surface area contributed by atoms with Crippen molar-refractivity contribution >= 4 is 12.0 Å². The molecule has 3 nitrogen and oxygen atoms in total. The van der Waals surface area contributed by atoms with Gasteiger partial charge >= 0.3 is 0 Å². The van der Waals surface area contributed by atoms with Gasteiger partial charge < -0.3 is 10.4 Å². The van der Waals surface area contributed by atoms with Crippen molar-refractivity contribution in [1.82, 2.24) is 5.32 Å². The summed E-state index contributed by atoms with van der Waals surface area (Å²) in [5.41, 5.74) is 0.971. The number of hydrogen-bond donors (Lipinski definition) is 2. The molecule has 1 rings (SSSR count). The SMILES string of the molecule is CC(=O)NCC=Cc1ccc(CO)cc1F. The van der Waals surface area contributed by atoms with Gasteiger partial charge in [0, 0.05) is 19.0 Å². The van der Waals surface area contributed by atoms with Crippen LogP contribution in [-0.2, 0) is 11.4 Å². The van der Waals surface area contributed by atoms with E-state index in [9.17, 15) is 9.18 Å². The average molecular weight is 223 g/mol. The third-order valence-electron chi connectivity index (χ3n) is 2.01. The number of nitrogens with one attached hydrogen (secondary N) is 1. The summed E-state index contributed by atoms with van der Waals surface area (Å²) in [4.78, 5) is 10.6. The molecule has 1 aromatic carbocycles. The van der Waals surface area contributed by atoms with E-state index in [1.54, 1.807) is 24.3 Å². The van der Waals surface area contributed by atoms with Crippen LogP contribution in [0.5, 0.6) is 0 Å². The average Bonchev–Trinajstić information content (AvgIpc) is 2.25. The van der Waals surface area contributed by atoms with Crippen LogP contribution in [0.2, 0.25) is 0 Å². The molecule has 0 aliphatic rings. The standard InChI is InChI=1S/C12H14FNO2/c1-9(16)14-6-2-3-11-5-4-10(8-15)7-12(11)13/h2-5,7,15H,6,8H2,1H3,(H,14,16). The summed E-state index contributed by atoms with van der Waals surface area (Å²) in [5, 5.41) is 11.4. The number of halogens is 1. The zero-order valence-corrected chi connectivity index (χ0v) is 9.03. The van der Waals surface area contributed by atoms with Gasteiger partial charge in [-0.1, -0.05) is 24.3 Å². The first-order chi connectivity index (χ1) is 7.63. The van der Waals surface area contributed by atoms with E-state index in [0.717, 1.165) is 0 Å². The molecule has 0 aromatic heterocycles. The van der Waals surface area contributed by atoms with Crippen molar-refractivity contribution in [3.8, 4) is 0 Å². The maximum Gasteiger partial charge on any atom is 0.217 e. The monoisotopic (exact) mass is 223 g/mol. The first kappa shape index (κ1) is 12.4. The Morgan fingerprint density at radius 1 is 1.56 bits per heavy atom. The van der Waals surface area contributed by atoms with Crippen LogP contribution >= 0.6 is 0 Å². The summed E-state index contributed by atoms with van der Waals surface area (Å²) < 4.78 is 13.4. The molecule has 1 aromatic rings. The number of rotatable bonds is 4. The molecule has 0 radical (unpaired) electrons. The predicted molar refractivity (Wildman–Crippen MR) is 60.0 cm³/mol. The minimum absolute atomic E-state index is 0.124. The number of benzene rings is 1. The Morgan fingerprint density at radius 3 is 2.88 bits per heavy atom. The predicted octanol–water partition coefficient (Wildman–Crippen LogP) is 1.47. The van der Waals surface area contributed by atoms with Gasteiger partial charge in [0.1, 0.15) is 5.82 Å². The van der Waals surface area contributed by atoms with Crippen molar-refractivity contribution in [2.45, 2.75) is 13.5 Å². The largest absolute Gasteiger partial charge is 0.392 e. The van der Waals surface area contributed by atoms with Gasteiger partial charge in [0.2, 0.25) is 5.91 Å². The molecule has 0 atom stereocenters. The first-order valence-corrected chi connectivity index (χ1v) is 4.93. The zero-order valence-electron chi connectivity index (χ0n) is 9.03. The van der Waals surface area contributed by atoms with Crippen LogP contribution in [0.15, 0.2) is 24.3 Å². The van der Waals surface area contributed by atoms with Crippen LogP contribution in [0, 0.1) is 5.82 Å². The van der Waals surface area contributed by atoms with E-state index >= 15 is 0 Å². The summed E-state index contributed by atoms with van der Waals surface area (Å²) in [6, 6.07) is 4.53. The Labute approximate surface area is 93.6 Å². The normalized spacial score (nSPS) is 10.7. The second-order valence-electron chi connectivity index (χ2n) is 3.35. The lowest BCUT2D eigenvalue weighted by Crippen LogP contribution is -2.19. The number of aliphatic hydroxyl groups is 1. The van der Waals surface area contributed by atoms with E-state index in [2.05, 4.69) is 5.32 Å². The van der Waals surface area contributed by atoms with Gasteiger partial charge in [-0.15, -0.1) is 0 Å². The molecule has 4 heteroatoms. The number of aliphatic hydroxyl groups excluding tert-OH is 1. The summed E-state index contributed by atoms with van der Waals surface area (Å²) in [6.45, 7) is 1.62. The lowest BCUT2D eigenvalue weighted by molar-refractivity contribution is -0.118. The van der Waals surface area contributed by atoms with Gasteiger partial charge in [-0.2, -0.15) is 0 Å². The summed E-state index contributed by atoms with van der Waals surface area (Å²) in [7, 11) is 0. The van der Waals surface area contributed by atoms with Crippen LogP contribution in [-0.4, -0.2) is 17.6 Å². The van der Waals surface area contributed by atoms with Gasteiger partial charge in [-0.3, -0.25) is 4.79 Å². The maximum absolute atomic E-state index is 13.4. The van der Waals surface area contributed by atoms with E-state index in [0.29, 0.717) is 17.7 Å². The topological polar surface area (TPSA) is 49.3 Å². The second-order valence-corrected chi connectivity index (χ2v) is 3.35. The highest BCUT2D eigenvalue weighted by Gasteiger charge is 1.99. The summed E-state index contributed by atoms with van der Waals surface area (Å²) in [6.07, 6.45) is 3.25. The van der Waals surface area contributed by atoms with Gasteiger partial charge in [-0.05, 0) is 11.6 Å². The fraction of sp³-hybridized carbons (Fsp3) is 0.250. The Morgan fingerprint density at radius 2 is 2.31 bits per heavy atom. The maximum atomic E-state index is 13.4. The van der Waals surface area contributed by atoms with Gasteiger partial charge in [-0.25, -0.2) is 4.39 Å². The summed E-state index contributed by atoms with van der Waals surface area (Å²) in [5.74, 6) is -0.508. The van der Waals surface area contributed by atoms with Crippen LogP contribution in [0.25, 0.3) is 6.08 Å². The fourth-order valence-electron chi connectivity index (χ4n) is 1.19. The molecule has 1 amide bonds. The van der Waals surface area contributed by atoms with Crippen LogP contribution in [0.3, 0.4) is 0 Å². The number of hydrogen-bond acceptors (Lipinski definition) is 2. The smallest absolute Gasteiger partial charge is 0.217 e. The molecule has 0 fully saturated rings. The number of amides is 1. The van der Waals surface area contributed by atoms with Crippen molar-refractivity contribution < 1.29 is 14.3 Å². The highest BCUT2D eigenvalue weighted by molar-refractivity contribution is 5.73. The van der Waals surface area contributed by atoms with Crippen LogP contribution in [0.1, 0.15) is 18.1 Å². The van der Waals surface area contributed by atoms with Crippen molar-refractivity contribution in [3.05, 3.63) is 41.2 Å². The third-order valence-corrected chi connectivity index (χ3v) is 2.01. The Hall–Kier alpha value is -1.68. The highest BCUT2D eigenvalue weighted by Crippen LogP contribution is 2.11. The van der Waals surface area contributed by atoms with Crippen molar-refractivity contribution in [2.24, 2.45) is 0 Å². The molecule has 2 N–H and O–H groups in total. The van der Waals surface area contributed by atoms with E-state index in [1.807, 2.05) is 0 Å². The minimum Gasteiger partial charge on any atom is -0.392 e. The molecule has 86 valence electrons. The highest BCUT2D eigenvalue weighted by atomic mass is 19.1. The number of carbonyl (C=O) groups excluding carboxylic acids is 1. The molecule has 16 heavy (non-hydrogen) atoms. The molecule has 0 saturated heterocycles. The molecule has 0 saturated carbocycles. The Bertz CT molecular complexity index is 402. The Balaban J connectivity index is 2.63. The van der Waals surface area contributed by atoms with Gasteiger partial charge in [0.25, 0.3) is 0 Å². The van der Waals surface area contributed by atoms with Crippen LogP contribution in [0.4, 0.5) is 4.39 Å². The molecule has 0 aliphatic heterocycles. The quantitative estimate of drug-likeness (QED) is 0.812. The Kier molecular flexibility index (Phi) is 4.66. The van der Waals surface area contributed by atoms with E-state index in [4.69, 9.17) is 5.11 Å². The fourth-order valence-corrected chi connectivity index (χ4v) is 1.19. The molecule has 0 bridgehead atoms. The van der Waals surface area contributed by atoms with Crippen molar-refractivity contribution in [1.29, 1.82) is 0 Å². The molecule has 0 spiro atoms. The number of carbonyl (C=O) groups is 1. The molecule has 0 heterocycles. The molecule has 0 aliphatic carbocycles. The van der Waals surface area contributed by atoms with Crippen LogP contribution < -0.4 is 5.32 Å². The second kappa shape index (κ2) is 6.02. The molecule has 0 unspecified atom stereocenters. The zero-order chi connectivity index (χ0) is 12.0.